The number of piperazine rings is 1. The molecule has 6 rings (SSSR count). The molecule has 0 N–H and O–H groups in total. The smallest absolute Gasteiger partial charge is 0.344 e. The Morgan fingerprint density at radius 3 is 2.14 bits per heavy atom. The molecule has 1 heterocycles. The van der Waals surface area contributed by atoms with Crippen molar-refractivity contribution in [2.45, 2.75) is 50.3 Å². The highest BCUT2D eigenvalue weighted by Gasteiger charge is 2.55. The number of ether oxygens (including phenoxy) is 3. The maximum atomic E-state index is 13.7. The van der Waals surface area contributed by atoms with E-state index < -0.39 is 16.0 Å². The summed E-state index contributed by atoms with van der Waals surface area (Å²) >= 11 is 0. The van der Waals surface area contributed by atoms with Gasteiger partial charge in [0.15, 0.2) is 18.1 Å². The molecule has 1 aromatic carbocycles. The molecule has 5 fully saturated rings. The molecule has 36 heavy (non-hydrogen) atoms. The van der Waals surface area contributed by atoms with Crippen molar-refractivity contribution in [3.8, 4) is 11.5 Å². The van der Waals surface area contributed by atoms with Gasteiger partial charge in [-0.25, -0.2) is 13.2 Å². The molecule has 0 atom stereocenters. The third kappa shape index (κ3) is 4.69. The van der Waals surface area contributed by atoms with Gasteiger partial charge in [0.2, 0.25) is 15.9 Å². The van der Waals surface area contributed by atoms with Crippen LogP contribution in [0.25, 0.3) is 0 Å². The van der Waals surface area contributed by atoms with Gasteiger partial charge in [0, 0.05) is 32.2 Å². The Hall–Kier alpha value is -2.33. The van der Waals surface area contributed by atoms with Crippen molar-refractivity contribution in [2.75, 3.05) is 46.5 Å². The summed E-state index contributed by atoms with van der Waals surface area (Å²) in [4.78, 5) is 27.3. The van der Waals surface area contributed by atoms with Gasteiger partial charge in [-0.2, -0.15) is 4.31 Å². The molecule has 9 nitrogen and oxygen atoms in total. The first kappa shape index (κ1) is 25.3. The van der Waals surface area contributed by atoms with E-state index in [0.717, 1.165) is 19.3 Å². The lowest BCUT2D eigenvalue weighted by atomic mass is 9.49. The fraction of sp³-hybridized carbons (Fsp3) is 0.692. The normalized spacial score (nSPS) is 29.7. The number of hydrogen-bond donors (Lipinski definition) is 0. The number of carbonyl (C=O) groups is 2. The molecule has 4 saturated carbocycles. The van der Waals surface area contributed by atoms with Gasteiger partial charge in [-0.3, -0.25) is 4.79 Å². The highest BCUT2D eigenvalue weighted by Crippen LogP contribution is 2.60. The molecular weight excluding hydrogens is 484 g/mol. The first-order valence-corrected chi connectivity index (χ1v) is 14.4. The van der Waals surface area contributed by atoms with E-state index in [1.165, 1.54) is 48.9 Å². The Bertz CT molecular complexity index is 1080. The first-order chi connectivity index (χ1) is 17.2. The van der Waals surface area contributed by atoms with Crippen molar-refractivity contribution < 1.29 is 32.2 Å². The maximum absolute atomic E-state index is 13.7. The molecule has 0 radical (unpaired) electrons. The number of sulfonamides is 1. The zero-order chi connectivity index (χ0) is 25.5. The van der Waals surface area contributed by atoms with Crippen LogP contribution in [-0.2, 0) is 24.3 Å². The van der Waals surface area contributed by atoms with Crippen molar-refractivity contribution in [3.05, 3.63) is 18.2 Å². The highest BCUT2D eigenvalue weighted by atomic mass is 32.2. The highest BCUT2D eigenvalue weighted by molar-refractivity contribution is 7.89. The number of hydrogen-bond acceptors (Lipinski definition) is 7. The summed E-state index contributed by atoms with van der Waals surface area (Å²) in [6.45, 7) is 2.90. The molecule has 0 spiro atoms. The van der Waals surface area contributed by atoms with Gasteiger partial charge >= 0.3 is 5.97 Å². The van der Waals surface area contributed by atoms with E-state index in [2.05, 4.69) is 0 Å². The molecule has 1 amide bonds. The van der Waals surface area contributed by atoms with Gasteiger partial charge in [-0.15, -0.1) is 0 Å². The number of amides is 1. The third-order valence-electron chi connectivity index (χ3n) is 8.44. The van der Waals surface area contributed by atoms with Crippen LogP contribution in [0.2, 0.25) is 0 Å². The van der Waals surface area contributed by atoms with E-state index in [1.54, 1.807) is 6.92 Å². The summed E-state index contributed by atoms with van der Waals surface area (Å²) in [5, 5.41) is 0. The number of rotatable bonds is 8. The van der Waals surface area contributed by atoms with Gasteiger partial charge in [-0.05, 0) is 75.3 Å². The first-order valence-electron chi connectivity index (χ1n) is 13.0. The summed E-state index contributed by atoms with van der Waals surface area (Å²) < 4.78 is 43.9. The summed E-state index contributed by atoms with van der Waals surface area (Å²) in [5.41, 5.74) is -0.211. The lowest BCUT2D eigenvalue weighted by Gasteiger charge is -2.57. The van der Waals surface area contributed by atoms with Crippen molar-refractivity contribution in [1.29, 1.82) is 0 Å². The third-order valence-corrected chi connectivity index (χ3v) is 10.3. The summed E-state index contributed by atoms with van der Waals surface area (Å²) in [5.74, 6) is 2.25. The molecule has 198 valence electrons. The van der Waals surface area contributed by atoms with E-state index in [1.807, 2.05) is 4.90 Å². The van der Waals surface area contributed by atoms with Crippen LogP contribution in [0.1, 0.15) is 45.4 Å². The topological polar surface area (TPSA) is 102 Å². The minimum atomic E-state index is -3.81. The predicted molar refractivity (Wildman–Crippen MR) is 131 cm³/mol. The van der Waals surface area contributed by atoms with Gasteiger partial charge < -0.3 is 19.1 Å². The second-order valence-corrected chi connectivity index (χ2v) is 12.7. The number of esters is 1. The second kappa shape index (κ2) is 9.85. The average Bonchev–Trinajstić information content (AvgIpc) is 2.86. The molecule has 4 bridgehead atoms. The Kier molecular flexibility index (Phi) is 6.93. The number of nitrogens with zero attached hydrogens (tertiary/aromatic N) is 2. The van der Waals surface area contributed by atoms with Crippen LogP contribution in [0.15, 0.2) is 23.1 Å². The molecule has 5 aliphatic rings. The minimum Gasteiger partial charge on any atom is -0.493 e. The largest absolute Gasteiger partial charge is 0.493 e. The average molecular weight is 521 g/mol. The van der Waals surface area contributed by atoms with Gasteiger partial charge in [0.1, 0.15) is 0 Å². The lowest BCUT2D eigenvalue weighted by Crippen LogP contribution is -2.58. The van der Waals surface area contributed by atoms with E-state index in [0.29, 0.717) is 36.6 Å². The van der Waals surface area contributed by atoms with Crippen LogP contribution >= 0.6 is 0 Å². The quantitative estimate of drug-likeness (QED) is 0.486. The van der Waals surface area contributed by atoms with E-state index in [4.69, 9.17) is 14.2 Å². The zero-order valence-electron chi connectivity index (χ0n) is 21.1. The van der Waals surface area contributed by atoms with Crippen LogP contribution in [0.5, 0.6) is 11.5 Å². The summed E-state index contributed by atoms with van der Waals surface area (Å²) in [6.07, 6.45) is 6.88. The Balaban J connectivity index is 1.25. The molecule has 0 unspecified atom stereocenters. The van der Waals surface area contributed by atoms with Crippen LogP contribution in [0, 0.1) is 23.2 Å². The molecule has 1 saturated heterocycles. The van der Waals surface area contributed by atoms with Crippen molar-refractivity contribution >= 4 is 21.9 Å². The van der Waals surface area contributed by atoms with Crippen LogP contribution < -0.4 is 9.47 Å². The molecule has 4 aliphatic carbocycles. The van der Waals surface area contributed by atoms with Crippen LogP contribution in [-0.4, -0.2) is 76.0 Å². The fourth-order valence-electron chi connectivity index (χ4n) is 7.26. The summed E-state index contributed by atoms with van der Waals surface area (Å²) in [6, 6.07) is 4.36. The van der Waals surface area contributed by atoms with Crippen molar-refractivity contribution in [1.82, 2.24) is 9.21 Å². The molecular formula is C26H36N2O7S. The van der Waals surface area contributed by atoms with Crippen molar-refractivity contribution in [3.63, 3.8) is 0 Å². The SMILES string of the molecule is CCOC(=O)COc1cc(S(=O)(=O)N2CCN(C(=O)C34CC5CC(CC(C5)C3)C4)CC2)ccc1OC. The predicted octanol–water partition coefficient (Wildman–Crippen LogP) is 2.69. The standard InChI is InChI=1S/C26H36N2O7S/c1-3-34-24(29)17-35-23-13-21(4-5-22(23)33-2)36(31,32)28-8-6-27(7-9-28)25(30)26-14-18-10-19(15-26)12-20(11-18)16-26/h4-5,13,18-20H,3,6-12,14-17H2,1-2H3. The maximum Gasteiger partial charge on any atom is 0.344 e. The molecule has 1 aliphatic heterocycles. The van der Waals surface area contributed by atoms with E-state index >= 15 is 0 Å². The van der Waals surface area contributed by atoms with Gasteiger partial charge in [0.05, 0.1) is 24.0 Å². The lowest BCUT2D eigenvalue weighted by molar-refractivity contribution is -0.158. The monoisotopic (exact) mass is 520 g/mol. The summed E-state index contributed by atoms with van der Waals surface area (Å²) in [7, 11) is -2.36. The minimum absolute atomic E-state index is 0.0584. The Labute approximate surface area is 213 Å². The number of methoxy groups -OCH3 is 1. The van der Waals surface area contributed by atoms with Gasteiger partial charge in [0.25, 0.3) is 0 Å². The van der Waals surface area contributed by atoms with Gasteiger partial charge in [-0.1, -0.05) is 0 Å². The number of carbonyl (C=O) groups excluding carboxylic acids is 2. The second-order valence-electron chi connectivity index (χ2n) is 10.8. The van der Waals surface area contributed by atoms with Crippen molar-refractivity contribution in [2.24, 2.45) is 23.2 Å². The van der Waals surface area contributed by atoms with Crippen LogP contribution in [0.4, 0.5) is 0 Å². The Morgan fingerprint density at radius 1 is 0.972 bits per heavy atom. The Morgan fingerprint density at radius 2 is 1.58 bits per heavy atom. The molecule has 10 heteroatoms. The number of benzene rings is 1. The fourth-order valence-corrected chi connectivity index (χ4v) is 8.70. The molecule has 0 aromatic heterocycles. The molecule has 1 aromatic rings. The van der Waals surface area contributed by atoms with E-state index in [-0.39, 0.29) is 48.3 Å². The zero-order valence-corrected chi connectivity index (χ0v) is 21.9. The van der Waals surface area contributed by atoms with E-state index in [9.17, 15) is 18.0 Å². The van der Waals surface area contributed by atoms with Crippen LogP contribution in [0.3, 0.4) is 0 Å².